The molecule has 3 heterocycles. The molecule has 1 fully saturated rings. The summed E-state index contributed by atoms with van der Waals surface area (Å²) in [5, 5.41) is 9.16. The highest BCUT2D eigenvalue weighted by molar-refractivity contribution is 7.71. The molecule has 3 atom stereocenters. The number of rotatable bonds is 4. The molecule has 1 N–H and O–H groups in total. The average molecular weight is 415 g/mol. The Bertz CT molecular complexity index is 997. The van der Waals surface area contributed by atoms with Crippen LogP contribution in [-0.4, -0.2) is 44.8 Å². The van der Waals surface area contributed by atoms with Crippen LogP contribution in [0.5, 0.6) is 0 Å². The number of hydrogen-bond donors (Lipinski definition) is 1. The van der Waals surface area contributed by atoms with Crippen LogP contribution in [0, 0.1) is 4.77 Å². The van der Waals surface area contributed by atoms with Gasteiger partial charge in [-0.2, -0.15) is 5.10 Å². The molecular weight excluding hydrogens is 392 g/mol. The molecule has 28 heavy (non-hydrogen) atoms. The predicted molar refractivity (Wildman–Crippen MR) is 112 cm³/mol. The van der Waals surface area contributed by atoms with Gasteiger partial charge in [0.2, 0.25) is 5.91 Å². The Balaban J connectivity index is 1.59. The zero-order valence-electron chi connectivity index (χ0n) is 15.7. The molecule has 0 aliphatic carbocycles. The van der Waals surface area contributed by atoms with E-state index < -0.39 is 6.04 Å². The van der Waals surface area contributed by atoms with Crippen LogP contribution in [0.3, 0.4) is 0 Å². The Morgan fingerprint density at radius 3 is 2.79 bits per heavy atom. The third-order valence-corrected chi connectivity index (χ3v) is 6.09. The number of hydrogen-bond acceptors (Lipinski definition) is 5. The smallest absolute Gasteiger partial charge is 0.245 e. The van der Waals surface area contributed by atoms with Crippen LogP contribution in [0.4, 0.5) is 0 Å². The Hall–Kier alpha value is -2.29. The molecule has 3 aromatic rings. The number of nitrogens with zero attached hydrogens (tertiary/aromatic N) is 3. The minimum absolute atomic E-state index is 0.0198. The number of carbonyl (C=O) groups is 1. The summed E-state index contributed by atoms with van der Waals surface area (Å²) in [7, 11) is 0. The first-order chi connectivity index (χ1) is 13.5. The summed E-state index contributed by atoms with van der Waals surface area (Å²) in [4.78, 5) is 16.2. The number of morpholine rings is 1. The zero-order chi connectivity index (χ0) is 19.7. The van der Waals surface area contributed by atoms with E-state index in [4.69, 9.17) is 17.0 Å². The van der Waals surface area contributed by atoms with Crippen LogP contribution in [-0.2, 0) is 9.53 Å². The van der Waals surface area contributed by atoms with E-state index in [2.05, 4.69) is 10.2 Å². The van der Waals surface area contributed by atoms with Crippen molar-refractivity contribution in [1.82, 2.24) is 19.7 Å². The first-order valence-corrected chi connectivity index (χ1v) is 10.5. The molecule has 6 nitrogen and oxygen atoms in total. The van der Waals surface area contributed by atoms with Crippen LogP contribution in [0.25, 0.3) is 10.7 Å². The second kappa shape index (κ2) is 7.98. The lowest BCUT2D eigenvalue weighted by Crippen LogP contribution is -2.48. The van der Waals surface area contributed by atoms with Gasteiger partial charge in [-0.1, -0.05) is 36.4 Å². The largest absolute Gasteiger partial charge is 0.367 e. The van der Waals surface area contributed by atoms with Crippen molar-refractivity contribution in [2.45, 2.75) is 32.1 Å². The Labute approximate surface area is 172 Å². The first kappa shape index (κ1) is 19.0. The molecule has 0 saturated carbocycles. The summed E-state index contributed by atoms with van der Waals surface area (Å²) in [5.74, 6) is 0.716. The maximum Gasteiger partial charge on any atom is 0.245 e. The highest BCUT2D eigenvalue weighted by atomic mass is 32.1. The Morgan fingerprint density at radius 1 is 1.29 bits per heavy atom. The summed E-state index contributed by atoms with van der Waals surface area (Å²) >= 11 is 6.99. The molecule has 1 amide bonds. The Morgan fingerprint density at radius 2 is 2.07 bits per heavy atom. The van der Waals surface area contributed by atoms with Crippen LogP contribution in [0.15, 0.2) is 47.8 Å². The van der Waals surface area contributed by atoms with Crippen molar-refractivity contribution in [3.8, 4) is 10.7 Å². The third-order valence-electron chi connectivity index (χ3n) is 4.93. The monoisotopic (exact) mass is 414 g/mol. The number of H-pyrrole nitrogens is 1. The van der Waals surface area contributed by atoms with Crippen molar-refractivity contribution in [3.63, 3.8) is 0 Å². The summed E-state index contributed by atoms with van der Waals surface area (Å²) in [6.07, 6.45) is -0.167. The lowest BCUT2D eigenvalue weighted by atomic mass is 10.1. The van der Waals surface area contributed by atoms with E-state index in [1.54, 1.807) is 15.9 Å². The summed E-state index contributed by atoms with van der Waals surface area (Å²) < 4.78 is 8.35. The number of nitrogens with one attached hydrogen (secondary N) is 1. The maximum absolute atomic E-state index is 13.4. The first-order valence-electron chi connectivity index (χ1n) is 9.24. The molecule has 1 aromatic carbocycles. The lowest BCUT2D eigenvalue weighted by Gasteiger charge is -2.38. The summed E-state index contributed by atoms with van der Waals surface area (Å²) in [6, 6.07) is 13.5. The number of aromatic nitrogens is 3. The fraction of sp³-hybridized carbons (Fsp3) is 0.350. The van der Waals surface area contributed by atoms with E-state index in [-0.39, 0.29) is 18.1 Å². The van der Waals surface area contributed by atoms with Crippen molar-refractivity contribution >= 4 is 29.5 Å². The lowest BCUT2D eigenvalue weighted by molar-refractivity contribution is -0.147. The van der Waals surface area contributed by atoms with Crippen LogP contribution < -0.4 is 0 Å². The van der Waals surface area contributed by atoms with E-state index >= 15 is 0 Å². The summed E-state index contributed by atoms with van der Waals surface area (Å²) in [6.45, 7) is 4.96. The van der Waals surface area contributed by atoms with E-state index in [9.17, 15) is 4.79 Å². The number of thiophene rings is 1. The standard InChI is InChI=1S/C20H22N4O2S2/c1-13-11-23(12-16(26-13)15-7-4-3-5-8-15)19(25)14(2)24-18(21-22-20(24)27)17-9-6-10-28-17/h3-10,13-14,16H,11-12H2,1-2H3,(H,22,27). The highest BCUT2D eigenvalue weighted by Gasteiger charge is 2.33. The fourth-order valence-corrected chi connectivity index (χ4v) is 4.60. The van der Waals surface area contributed by atoms with Gasteiger partial charge in [0.1, 0.15) is 12.1 Å². The number of carbonyl (C=O) groups excluding carboxylic acids is 1. The maximum atomic E-state index is 13.4. The zero-order valence-corrected chi connectivity index (χ0v) is 17.4. The van der Waals surface area contributed by atoms with Crippen molar-refractivity contribution in [3.05, 3.63) is 58.2 Å². The molecule has 2 aromatic heterocycles. The molecule has 3 unspecified atom stereocenters. The quantitative estimate of drug-likeness (QED) is 0.650. The molecule has 1 saturated heterocycles. The van der Waals surface area contributed by atoms with Gasteiger partial charge >= 0.3 is 0 Å². The van der Waals surface area contributed by atoms with E-state index in [1.165, 1.54) is 0 Å². The average Bonchev–Trinajstić information content (AvgIpc) is 3.36. The fourth-order valence-electron chi connectivity index (χ4n) is 3.60. The van der Waals surface area contributed by atoms with Gasteiger partial charge in [0.05, 0.1) is 17.5 Å². The minimum Gasteiger partial charge on any atom is -0.367 e. The van der Waals surface area contributed by atoms with Gasteiger partial charge in [0.15, 0.2) is 10.6 Å². The van der Waals surface area contributed by atoms with Gasteiger partial charge in [-0.15, -0.1) is 11.3 Å². The molecule has 146 valence electrons. The number of ether oxygens (including phenoxy) is 1. The van der Waals surface area contributed by atoms with Gasteiger partial charge in [0.25, 0.3) is 0 Å². The molecular formula is C20H22N4O2S2. The Kier molecular flexibility index (Phi) is 5.43. The second-order valence-corrected chi connectivity index (χ2v) is 8.30. The van der Waals surface area contributed by atoms with Crippen LogP contribution in [0.1, 0.15) is 31.6 Å². The van der Waals surface area contributed by atoms with Crippen molar-refractivity contribution < 1.29 is 9.53 Å². The van der Waals surface area contributed by atoms with Gasteiger partial charge < -0.3 is 9.64 Å². The van der Waals surface area contributed by atoms with Crippen LogP contribution in [0.2, 0.25) is 0 Å². The summed E-state index contributed by atoms with van der Waals surface area (Å²) in [5.41, 5.74) is 1.08. The SMILES string of the molecule is CC1CN(C(=O)C(C)n2c(-c3cccs3)n[nH]c2=S)CC(c2ccccc2)O1. The van der Waals surface area contributed by atoms with Gasteiger partial charge in [-0.3, -0.25) is 14.5 Å². The normalized spacial score (nSPS) is 20.9. The second-order valence-electron chi connectivity index (χ2n) is 6.96. The third kappa shape index (κ3) is 3.67. The van der Waals surface area contributed by atoms with E-state index in [0.717, 1.165) is 10.4 Å². The number of aromatic amines is 1. The van der Waals surface area contributed by atoms with Gasteiger partial charge in [-0.25, -0.2) is 0 Å². The number of amides is 1. The molecule has 0 radical (unpaired) electrons. The van der Waals surface area contributed by atoms with E-state index in [0.29, 0.717) is 23.7 Å². The van der Waals surface area contributed by atoms with Gasteiger partial charge in [0, 0.05) is 6.54 Å². The number of benzene rings is 1. The highest BCUT2D eigenvalue weighted by Crippen LogP contribution is 2.29. The topological polar surface area (TPSA) is 63.2 Å². The van der Waals surface area contributed by atoms with Crippen molar-refractivity contribution in [2.24, 2.45) is 0 Å². The van der Waals surface area contributed by atoms with Crippen molar-refractivity contribution in [2.75, 3.05) is 13.1 Å². The molecule has 1 aliphatic heterocycles. The molecule has 0 spiro atoms. The molecule has 1 aliphatic rings. The predicted octanol–water partition coefficient (Wildman–Crippen LogP) is 4.22. The molecule has 4 rings (SSSR count). The van der Waals surface area contributed by atoms with Crippen molar-refractivity contribution in [1.29, 1.82) is 0 Å². The van der Waals surface area contributed by atoms with Gasteiger partial charge in [-0.05, 0) is 43.1 Å². The molecule has 8 heteroatoms. The molecule has 0 bridgehead atoms. The van der Waals surface area contributed by atoms with E-state index in [1.807, 2.05) is 66.6 Å². The minimum atomic E-state index is -0.454. The van der Waals surface area contributed by atoms with Crippen LogP contribution >= 0.6 is 23.6 Å².